The van der Waals surface area contributed by atoms with Gasteiger partial charge in [-0.05, 0) is 58.6 Å². The SMILES string of the molecule is CC1C2=C(CCC[CH-]2)C2=C1CCCC2.O=C(O)C(c1ccccc1)(c1ccccc1)c1ccccc1.O=C(O)C(c1ccccc1)(c1ccccc1)c1ccccc1.[Cl-].[Ti]. The summed E-state index contributed by atoms with van der Waals surface area (Å²) < 4.78 is 0. The summed E-state index contributed by atoms with van der Waals surface area (Å²) >= 11 is 0. The molecule has 6 aromatic carbocycles. The van der Waals surface area contributed by atoms with E-state index in [0.29, 0.717) is 0 Å². The Morgan fingerprint density at radius 2 is 0.750 bits per heavy atom. The molecular weight excluding hydrogens is 796 g/mol. The van der Waals surface area contributed by atoms with Crippen molar-refractivity contribution in [2.24, 2.45) is 5.92 Å². The van der Waals surface area contributed by atoms with Gasteiger partial charge in [0, 0.05) is 21.7 Å². The molecule has 0 heterocycles. The molecule has 0 fully saturated rings. The maximum atomic E-state index is 12.4. The first kappa shape index (κ1) is 45.7. The van der Waals surface area contributed by atoms with Gasteiger partial charge in [-0.3, -0.25) is 9.59 Å². The molecule has 2 N–H and O–H groups in total. The number of benzene rings is 6. The van der Waals surface area contributed by atoms with Crippen LogP contribution in [-0.4, -0.2) is 22.2 Å². The van der Waals surface area contributed by atoms with E-state index in [-0.39, 0.29) is 34.1 Å². The summed E-state index contributed by atoms with van der Waals surface area (Å²) in [5.74, 6) is -0.979. The van der Waals surface area contributed by atoms with Crippen LogP contribution in [0.4, 0.5) is 0 Å². The monoisotopic (exact) mass is 846 g/mol. The summed E-state index contributed by atoms with van der Waals surface area (Å²) in [5.41, 5.74) is 9.16. The van der Waals surface area contributed by atoms with E-state index in [1.54, 1.807) is 22.3 Å². The van der Waals surface area contributed by atoms with Crippen LogP contribution in [0.5, 0.6) is 0 Å². The van der Waals surface area contributed by atoms with Crippen LogP contribution in [0.15, 0.2) is 204 Å². The average Bonchev–Trinajstić information content (AvgIpc) is 3.58. The predicted octanol–water partition coefficient (Wildman–Crippen LogP) is 9.40. The molecule has 3 aliphatic carbocycles. The molecule has 0 saturated heterocycles. The Morgan fingerprint density at radius 1 is 0.467 bits per heavy atom. The van der Waals surface area contributed by atoms with E-state index in [2.05, 4.69) is 13.3 Å². The summed E-state index contributed by atoms with van der Waals surface area (Å²) in [5, 5.41) is 20.4. The number of carboxylic acids is 2. The second-order valence-electron chi connectivity index (χ2n) is 15.3. The van der Waals surface area contributed by atoms with Gasteiger partial charge in [0.1, 0.15) is 10.8 Å². The van der Waals surface area contributed by atoms with Crippen LogP contribution in [0.2, 0.25) is 0 Å². The summed E-state index contributed by atoms with van der Waals surface area (Å²) in [4.78, 5) is 24.8. The Morgan fingerprint density at radius 3 is 1.05 bits per heavy atom. The fourth-order valence-corrected chi connectivity index (χ4v) is 9.38. The largest absolute Gasteiger partial charge is 1.00 e. The number of fused-ring (bicyclic) bond motifs is 1. The van der Waals surface area contributed by atoms with Gasteiger partial charge in [-0.1, -0.05) is 214 Å². The minimum Gasteiger partial charge on any atom is -1.00 e. The number of carboxylic acid groups (broad SMARTS) is 2. The molecule has 0 aliphatic heterocycles. The molecule has 1 unspecified atom stereocenters. The fraction of sp³-hybridized carbons (Fsp3) is 0.204. The van der Waals surface area contributed by atoms with Crippen molar-refractivity contribution in [2.75, 3.05) is 0 Å². The Balaban J connectivity index is 0.000000172. The van der Waals surface area contributed by atoms with E-state index in [1.807, 2.05) is 182 Å². The van der Waals surface area contributed by atoms with Crippen molar-refractivity contribution in [1.29, 1.82) is 0 Å². The predicted molar refractivity (Wildman–Crippen MR) is 234 cm³/mol. The molecule has 1 atom stereocenters. The maximum Gasteiger partial charge on any atom is 0.323 e. The zero-order valence-corrected chi connectivity index (χ0v) is 36.3. The van der Waals surface area contributed by atoms with Crippen LogP contribution in [0.3, 0.4) is 0 Å². The first-order valence-electron chi connectivity index (χ1n) is 20.5. The van der Waals surface area contributed by atoms with Gasteiger partial charge in [0.15, 0.2) is 0 Å². The van der Waals surface area contributed by atoms with E-state index in [1.165, 1.54) is 44.9 Å². The molecule has 0 aromatic heterocycles. The number of hydrogen-bond acceptors (Lipinski definition) is 2. The molecule has 0 amide bonds. The number of rotatable bonds is 8. The topological polar surface area (TPSA) is 74.6 Å². The van der Waals surface area contributed by atoms with Gasteiger partial charge in [0.25, 0.3) is 0 Å². The molecule has 60 heavy (non-hydrogen) atoms. The molecule has 0 radical (unpaired) electrons. The molecule has 6 aromatic rings. The van der Waals surface area contributed by atoms with Crippen LogP contribution < -0.4 is 12.4 Å². The van der Waals surface area contributed by atoms with E-state index in [9.17, 15) is 19.8 Å². The van der Waals surface area contributed by atoms with Crippen molar-refractivity contribution in [3.05, 3.63) is 244 Å². The molecule has 0 spiro atoms. The molecule has 0 bridgehead atoms. The molecule has 6 heteroatoms. The van der Waals surface area contributed by atoms with Gasteiger partial charge in [-0.15, -0.1) is 12.0 Å². The van der Waals surface area contributed by atoms with Crippen molar-refractivity contribution in [1.82, 2.24) is 0 Å². The van der Waals surface area contributed by atoms with E-state index in [0.717, 1.165) is 39.3 Å². The van der Waals surface area contributed by atoms with Crippen molar-refractivity contribution in [3.63, 3.8) is 0 Å². The summed E-state index contributed by atoms with van der Waals surface area (Å²) in [6.07, 6.45) is 12.2. The summed E-state index contributed by atoms with van der Waals surface area (Å²) in [6.45, 7) is 2.42. The second-order valence-corrected chi connectivity index (χ2v) is 15.3. The molecular formula is C54H51ClO4Ti-2. The Hall–Kier alpha value is -5.39. The van der Waals surface area contributed by atoms with Crippen molar-refractivity contribution >= 4 is 11.9 Å². The van der Waals surface area contributed by atoms with Crippen LogP contribution >= 0.6 is 0 Å². The van der Waals surface area contributed by atoms with Crippen LogP contribution in [-0.2, 0) is 42.1 Å². The van der Waals surface area contributed by atoms with Gasteiger partial charge in [0.05, 0.1) is 0 Å². The molecule has 3 aliphatic rings. The van der Waals surface area contributed by atoms with Crippen LogP contribution in [0.1, 0.15) is 85.3 Å². The number of hydrogen-bond donors (Lipinski definition) is 2. The molecule has 4 nitrogen and oxygen atoms in total. The van der Waals surface area contributed by atoms with Gasteiger partial charge < -0.3 is 22.6 Å². The minimum absolute atomic E-state index is 0. The van der Waals surface area contributed by atoms with Crippen molar-refractivity contribution in [3.8, 4) is 0 Å². The first-order chi connectivity index (χ1) is 28.4. The third-order valence-corrected chi connectivity index (χ3v) is 12.1. The van der Waals surface area contributed by atoms with E-state index in [4.69, 9.17) is 0 Å². The standard InChI is InChI=1S/2C20H16O2.C14H19.ClH.Ti/c2*21-19(22)20(16-10-4-1-5-11-16,17-12-6-2-7-13-17)18-14-8-3-9-15-18;1-10-11-6-2-4-8-13(11)14-9-5-3-7-12(10)14;;/h2*1-15H,(H,21,22);6,10H,2-5,7-9H2,1H3;1H;/q;;-1;;/p-1. The van der Waals surface area contributed by atoms with Gasteiger partial charge in [-0.2, -0.15) is 5.57 Å². The second kappa shape index (κ2) is 21.2. The minimum atomic E-state index is -1.20. The zero-order valence-electron chi connectivity index (χ0n) is 34.0. The third kappa shape index (κ3) is 9.03. The van der Waals surface area contributed by atoms with Gasteiger partial charge >= 0.3 is 11.9 Å². The number of aliphatic carboxylic acids is 2. The molecule has 0 saturated carbocycles. The Bertz CT molecular complexity index is 1980. The number of halogens is 1. The smallest absolute Gasteiger partial charge is 0.323 e. The normalized spacial score (nSPS) is 15.4. The molecule has 9 rings (SSSR count). The first-order valence-corrected chi connectivity index (χ1v) is 20.5. The van der Waals surface area contributed by atoms with E-state index < -0.39 is 22.8 Å². The average molecular weight is 847 g/mol. The van der Waals surface area contributed by atoms with Gasteiger partial charge in [-0.25, -0.2) is 12.0 Å². The third-order valence-electron chi connectivity index (χ3n) is 12.1. The van der Waals surface area contributed by atoms with Gasteiger partial charge in [0.2, 0.25) is 0 Å². The molecule has 304 valence electrons. The Kier molecular flexibility index (Phi) is 16.2. The number of allylic oxidation sites excluding steroid dienone is 4. The summed E-state index contributed by atoms with van der Waals surface area (Å²) in [6, 6.07) is 56.3. The quantitative estimate of drug-likeness (QED) is 0.0911. The van der Waals surface area contributed by atoms with Crippen LogP contribution in [0, 0.1) is 12.3 Å². The number of carbonyl (C=O) groups is 2. The van der Waals surface area contributed by atoms with E-state index >= 15 is 0 Å². The fourth-order valence-electron chi connectivity index (χ4n) is 9.38. The zero-order chi connectivity index (χ0) is 40.4. The maximum absolute atomic E-state index is 12.4. The Labute approximate surface area is 376 Å². The van der Waals surface area contributed by atoms with Crippen molar-refractivity contribution in [2.45, 2.75) is 62.7 Å². The van der Waals surface area contributed by atoms with Crippen LogP contribution in [0.25, 0.3) is 0 Å². The van der Waals surface area contributed by atoms with Crippen molar-refractivity contribution < 1.29 is 53.9 Å². The summed E-state index contributed by atoms with van der Waals surface area (Å²) in [7, 11) is 0.